The van der Waals surface area contributed by atoms with Crippen molar-refractivity contribution >= 4 is 32.6 Å². The van der Waals surface area contributed by atoms with Crippen LogP contribution in [0.4, 0.5) is 0 Å². The summed E-state index contributed by atoms with van der Waals surface area (Å²) in [4.78, 5) is 0. The maximum atomic E-state index is 2.37. The maximum Gasteiger partial charge on any atom is 0.0495 e. The van der Waals surface area contributed by atoms with Gasteiger partial charge in [-0.25, -0.2) is 0 Å². The zero-order chi connectivity index (χ0) is 31.3. The van der Waals surface area contributed by atoms with Crippen molar-refractivity contribution in [2.24, 2.45) is 7.05 Å². The fourth-order valence-electron chi connectivity index (χ4n) is 7.67. The summed E-state index contributed by atoms with van der Waals surface area (Å²) in [7, 11) is 2.18. The first-order valence-corrected chi connectivity index (χ1v) is 16.2. The summed E-state index contributed by atoms with van der Waals surface area (Å²) in [6.45, 7) is 4.73. The van der Waals surface area contributed by atoms with Gasteiger partial charge in [0.1, 0.15) is 0 Å². The third-order valence-corrected chi connectivity index (χ3v) is 10.1. The molecule has 0 aliphatic carbocycles. The Kier molecular flexibility index (Phi) is 6.84. The Hall–Kier alpha value is -5.40. The standard InChI is InChI=1S/C45H37N/c1-45(2,37-16-8-5-9-17-37)44(35-14-6-4-7-15-35)36-27-23-32(24-28-36)31-21-25-34(26-22-31)39-19-12-20-40-42(39)43-38-18-11-10-13-33(38)29-30-41(43)46(40)3/h4-30,44H,1-3H3. The predicted octanol–water partition coefficient (Wildman–Crippen LogP) is 11.9. The Bertz CT molecular complexity index is 2310. The van der Waals surface area contributed by atoms with E-state index in [4.69, 9.17) is 0 Å². The summed E-state index contributed by atoms with van der Waals surface area (Å²) in [5.41, 5.74) is 11.4. The highest BCUT2D eigenvalue weighted by Gasteiger charge is 2.33. The van der Waals surface area contributed by atoms with Gasteiger partial charge in [0, 0.05) is 40.2 Å². The molecule has 1 atom stereocenters. The first-order chi connectivity index (χ1) is 22.5. The Labute approximate surface area is 271 Å². The summed E-state index contributed by atoms with van der Waals surface area (Å²) in [5.74, 6) is 0.227. The maximum absolute atomic E-state index is 2.37. The fraction of sp³-hybridized carbons (Fsp3) is 0.111. The molecule has 0 saturated heterocycles. The molecule has 0 saturated carbocycles. The molecule has 0 aliphatic rings. The number of aryl methyl sites for hydroxylation is 1. The molecular formula is C45H37N. The normalized spacial score (nSPS) is 12.6. The van der Waals surface area contributed by atoms with E-state index in [1.54, 1.807) is 0 Å². The number of aromatic nitrogens is 1. The van der Waals surface area contributed by atoms with Gasteiger partial charge in [-0.2, -0.15) is 0 Å². The van der Waals surface area contributed by atoms with E-state index in [1.807, 2.05) is 0 Å². The average molecular weight is 592 g/mol. The Balaban J connectivity index is 1.17. The molecule has 7 aromatic carbocycles. The number of benzene rings is 7. The van der Waals surface area contributed by atoms with E-state index >= 15 is 0 Å². The van der Waals surface area contributed by atoms with Crippen molar-refractivity contribution in [2.45, 2.75) is 25.2 Å². The Morgan fingerprint density at radius 3 is 1.74 bits per heavy atom. The molecule has 46 heavy (non-hydrogen) atoms. The van der Waals surface area contributed by atoms with E-state index in [0.29, 0.717) is 0 Å². The van der Waals surface area contributed by atoms with Gasteiger partial charge < -0.3 is 4.57 Å². The lowest BCUT2D eigenvalue weighted by Crippen LogP contribution is -2.28. The largest absolute Gasteiger partial charge is 0.344 e. The predicted molar refractivity (Wildman–Crippen MR) is 197 cm³/mol. The van der Waals surface area contributed by atoms with E-state index in [9.17, 15) is 0 Å². The summed E-state index contributed by atoms with van der Waals surface area (Å²) < 4.78 is 2.33. The molecule has 0 N–H and O–H groups in total. The third-order valence-electron chi connectivity index (χ3n) is 10.1. The molecule has 1 unspecified atom stereocenters. The molecule has 8 aromatic rings. The number of fused-ring (bicyclic) bond motifs is 5. The summed E-state index contributed by atoms with van der Waals surface area (Å²) in [5, 5.41) is 5.23. The first kappa shape index (κ1) is 28.1. The number of hydrogen-bond acceptors (Lipinski definition) is 0. The second-order valence-electron chi connectivity index (χ2n) is 13.1. The van der Waals surface area contributed by atoms with Crippen LogP contribution in [-0.4, -0.2) is 4.57 Å². The molecule has 0 spiro atoms. The van der Waals surface area contributed by atoms with Crippen LogP contribution in [0.15, 0.2) is 164 Å². The minimum atomic E-state index is -0.0836. The van der Waals surface area contributed by atoms with Gasteiger partial charge in [0.2, 0.25) is 0 Å². The molecular weight excluding hydrogens is 555 g/mol. The van der Waals surface area contributed by atoms with Gasteiger partial charge in [-0.3, -0.25) is 0 Å². The number of rotatable bonds is 6. The summed E-state index contributed by atoms with van der Waals surface area (Å²) >= 11 is 0. The highest BCUT2D eigenvalue weighted by Crippen LogP contribution is 2.44. The van der Waals surface area contributed by atoms with Crippen molar-refractivity contribution in [3.8, 4) is 22.3 Å². The van der Waals surface area contributed by atoms with Crippen LogP contribution in [0.25, 0.3) is 54.8 Å². The zero-order valence-electron chi connectivity index (χ0n) is 26.6. The van der Waals surface area contributed by atoms with Crippen LogP contribution in [-0.2, 0) is 12.5 Å². The second-order valence-corrected chi connectivity index (χ2v) is 13.1. The highest BCUT2D eigenvalue weighted by molar-refractivity contribution is 6.24. The van der Waals surface area contributed by atoms with Crippen molar-refractivity contribution < 1.29 is 0 Å². The molecule has 0 aliphatic heterocycles. The van der Waals surface area contributed by atoms with Crippen LogP contribution in [0.3, 0.4) is 0 Å². The fourth-order valence-corrected chi connectivity index (χ4v) is 7.67. The van der Waals surface area contributed by atoms with Gasteiger partial charge in [0.15, 0.2) is 0 Å². The van der Waals surface area contributed by atoms with E-state index in [2.05, 4.69) is 189 Å². The smallest absolute Gasteiger partial charge is 0.0495 e. The van der Waals surface area contributed by atoms with Gasteiger partial charge in [-0.15, -0.1) is 0 Å². The first-order valence-electron chi connectivity index (χ1n) is 16.2. The molecule has 0 fully saturated rings. The van der Waals surface area contributed by atoms with E-state index < -0.39 is 0 Å². The van der Waals surface area contributed by atoms with Gasteiger partial charge in [-0.05, 0) is 61.8 Å². The van der Waals surface area contributed by atoms with Crippen molar-refractivity contribution in [3.05, 3.63) is 180 Å². The van der Waals surface area contributed by atoms with E-state index in [0.717, 1.165) is 0 Å². The lowest BCUT2D eigenvalue weighted by Gasteiger charge is -2.36. The van der Waals surface area contributed by atoms with Gasteiger partial charge in [0.05, 0.1) is 0 Å². The topological polar surface area (TPSA) is 4.93 Å². The van der Waals surface area contributed by atoms with Crippen LogP contribution in [0.1, 0.15) is 36.5 Å². The highest BCUT2D eigenvalue weighted by atomic mass is 14.9. The van der Waals surface area contributed by atoms with Gasteiger partial charge in [0.25, 0.3) is 0 Å². The van der Waals surface area contributed by atoms with E-state index in [1.165, 1.54) is 71.5 Å². The molecule has 0 amide bonds. The Morgan fingerprint density at radius 2 is 1.02 bits per heavy atom. The molecule has 8 rings (SSSR count). The molecule has 1 aromatic heterocycles. The van der Waals surface area contributed by atoms with Crippen molar-refractivity contribution in [3.63, 3.8) is 0 Å². The van der Waals surface area contributed by atoms with Gasteiger partial charge >= 0.3 is 0 Å². The van der Waals surface area contributed by atoms with Crippen molar-refractivity contribution in [2.75, 3.05) is 0 Å². The average Bonchev–Trinajstić information content (AvgIpc) is 3.41. The van der Waals surface area contributed by atoms with E-state index in [-0.39, 0.29) is 11.3 Å². The minimum absolute atomic E-state index is 0.0836. The lowest BCUT2D eigenvalue weighted by molar-refractivity contribution is 0.459. The molecule has 1 heterocycles. The molecule has 222 valence electrons. The molecule has 0 bridgehead atoms. The zero-order valence-corrected chi connectivity index (χ0v) is 26.6. The minimum Gasteiger partial charge on any atom is -0.344 e. The number of nitrogens with zero attached hydrogens (tertiary/aromatic N) is 1. The lowest BCUT2D eigenvalue weighted by atomic mass is 9.67. The van der Waals surface area contributed by atoms with Crippen LogP contribution >= 0.6 is 0 Å². The quantitative estimate of drug-likeness (QED) is 0.181. The van der Waals surface area contributed by atoms with Crippen LogP contribution in [0, 0.1) is 0 Å². The van der Waals surface area contributed by atoms with Crippen molar-refractivity contribution in [1.29, 1.82) is 0 Å². The number of hydrogen-bond donors (Lipinski definition) is 0. The SMILES string of the molecule is Cn1c2cccc(-c3ccc(-c4ccc(C(c5ccccc5)C(C)(C)c5ccccc5)cc4)cc3)c2c2c3ccccc3ccc21. The molecule has 1 nitrogen and oxygen atoms in total. The Morgan fingerprint density at radius 1 is 0.457 bits per heavy atom. The van der Waals surface area contributed by atoms with Gasteiger partial charge in [-0.1, -0.05) is 166 Å². The summed E-state index contributed by atoms with van der Waals surface area (Å²) in [6.07, 6.45) is 0. The molecule has 1 heteroatoms. The molecule has 0 radical (unpaired) electrons. The van der Waals surface area contributed by atoms with Crippen LogP contribution < -0.4 is 0 Å². The van der Waals surface area contributed by atoms with Crippen molar-refractivity contribution in [1.82, 2.24) is 4.57 Å². The monoisotopic (exact) mass is 591 g/mol. The van der Waals surface area contributed by atoms with Crippen LogP contribution in [0.2, 0.25) is 0 Å². The third kappa shape index (κ3) is 4.63. The summed E-state index contributed by atoms with van der Waals surface area (Å²) in [6, 6.07) is 60.1. The second kappa shape index (κ2) is 11.2. The van der Waals surface area contributed by atoms with Crippen LogP contribution in [0.5, 0.6) is 0 Å².